The van der Waals surface area contributed by atoms with Gasteiger partial charge in [0.05, 0.1) is 12.2 Å². The number of hydrogen-bond acceptors (Lipinski definition) is 3. The predicted molar refractivity (Wildman–Crippen MR) is 95.2 cm³/mol. The van der Waals surface area contributed by atoms with E-state index in [1.54, 1.807) is 15.6 Å². The van der Waals surface area contributed by atoms with E-state index in [0.717, 1.165) is 34.7 Å². The summed E-state index contributed by atoms with van der Waals surface area (Å²) in [6.07, 6.45) is 1.49. The average molecular weight is 375 g/mol. The van der Waals surface area contributed by atoms with Crippen LogP contribution in [0.5, 0.6) is 0 Å². The van der Waals surface area contributed by atoms with Gasteiger partial charge in [-0.3, -0.25) is 4.68 Å². The fraction of sp³-hybridized carbons (Fsp3) is 0.389. The molecule has 0 unspecified atom stereocenters. The molecular weight excluding hydrogens is 356 g/mol. The number of rotatable bonds is 1. The number of hydrogen-bond donors (Lipinski definition) is 1. The minimum Gasteiger partial charge on any atom is -0.476 e. The second-order valence-electron chi connectivity index (χ2n) is 6.66. The Morgan fingerprint density at radius 3 is 2.73 bits per heavy atom. The lowest BCUT2D eigenvalue weighted by Crippen LogP contribution is -2.45. The first-order valence-electron chi connectivity index (χ1n) is 8.63. The van der Waals surface area contributed by atoms with E-state index in [1.807, 2.05) is 23.1 Å². The van der Waals surface area contributed by atoms with Crippen molar-refractivity contribution in [3.63, 3.8) is 0 Å². The lowest BCUT2D eigenvalue weighted by Gasteiger charge is -2.33. The molecule has 0 aliphatic carbocycles. The van der Waals surface area contributed by atoms with Crippen molar-refractivity contribution in [3.8, 4) is 0 Å². The molecule has 1 N–H and O–H groups in total. The number of carboxylic acids is 1. The van der Waals surface area contributed by atoms with Crippen LogP contribution in [0.1, 0.15) is 33.7 Å². The molecule has 2 amide bonds. The molecule has 4 rings (SSSR count). The van der Waals surface area contributed by atoms with Crippen molar-refractivity contribution in [1.82, 2.24) is 19.6 Å². The third kappa shape index (κ3) is 3.03. The highest BCUT2D eigenvalue weighted by atomic mass is 35.5. The van der Waals surface area contributed by atoms with Crippen molar-refractivity contribution in [2.45, 2.75) is 32.5 Å². The van der Waals surface area contributed by atoms with Gasteiger partial charge < -0.3 is 14.9 Å². The van der Waals surface area contributed by atoms with Gasteiger partial charge in [0.1, 0.15) is 0 Å². The van der Waals surface area contributed by atoms with E-state index in [1.165, 1.54) is 0 Å². The number of aromatic nitrogens is 2. The fourth-order valence-electron chi connectivity index (χ4n) is 3.66. The molecule has 0 saturated carbocycles. The first-order chi connectivity index (χ1) is 12.5. The van der Waals surface area contributed by atoms with Crippen molar-refractivity contribution in [1.29, 1.82) is 0 Å². The number of carboxylic acid groups (broad SMARTS) is 1. The van der Waals surface area contributed by atoms with Crippen LogP contribution in [0, 0.1) is 0 Å². The molecule has 0 atom stereocenters. The minimum atomic E-state index is -1.05. The minimum absolute atomic E-state index is 0.0239. The summed E-state index contributed by atoms with van der Waals surface area (Å²) in [4.78, 5) is 27.8. The molecule has 1 aromatic heterocycles. The molecule has 26 heavy (non-hydrogen) atoms. The standard InChI is InChI=1S/C18H19ClN4O3/c19-15-4-1-3-12-10-22(8-5-14(12)15)18(26)21-6-2-7-23-13(11-21)9-16(20-23)17(24)25/h1,3-4,9H,2,5-8,10-11H2,(H,24,25). The zero-order chi connectivity index (χ0) is 18.3. The van der Waals surface area contributed by atoms with Gasteiger partial charge in [-0.15, -0.1) is 0 Å². The van der Waals surface area contributed by atoms with Crippen LogP contribution in [0.4, 0.5) is 4.79 Å². The second-order valence-corrected chi connectivity index (χ2v) is 7.06. The van der Waals surface area contributed by atoms with Crippen LogP contribution in [0.3, 0.4) is 0 Å². The third-order valence-electron chi connectivity index (χ3n) is 4.98. The molecule has 0 saturated heterocycles. The number of fused-ring (bicyclic) bond motifs is 2. The Labute approximate surface area is 155 Å². The number of aromatic carboxylic acids is 1. The van der Waals surface area contributed by atoms with Crippen LogP contribution >= 0.6 is 11.6 Å². The van der Waals surface area contributed by atoms with Crippen molar-refractivity contribution < 1.29 is 14.7 Å². The van der Waals surface area contributed by atoms with Crippen molar-refractivity contribution in [3.05, 3.63) is 51.8 Å². The first-order valence-corrected chi connectivity index (χ1v) is 9.01. The van der Waals surface area contributed by atoms with E-state index >= 15 is 0 Å². The Morgan fingerprint density at radius 1 is 1.12 bits per heavy atom. The van der Waals surface area contributed by atoms with Crippen LogP contribution < -0.4 is 0 Å². The molecule has 3 heterocycles. The summed E-state index contributed by atoms with van der Waals surface area (Å²) < 4.78 is 1.70. The number of halogens is 1. The summed E-state index contributed by atoms with van der Waals surface area (Å²) in [5.74, 6) is -1.05. The maximum absolute atomic E-state index is 13.0. The normalized spacial score (nSPS) is 16.7. The first kappa shape index (κ1) is 16.9. The maximum Gasteiger partial charge on any atom is 0.356 e. The highest BCUT2D eigenvalue weighted by Crippen LogP contribution is 2.27. The molecule has 0 bridgehead atoms. The van der Waals surface area contributed by atoms with Crippen molar-refractivity contribution in [2.24, 2.45) is 0 Å². The van der Waals surface area contributed by atoms with Crippen LogP contribution in [0.25, 0.3) is 0 Å². The second kappa shape index (κ2) is 6.64. The predicted octanol–water partition coefficient (Wildman–Crippen LogP) is 2.62. The van der Waals surface area contributed by atoms with Gasteiger partial charge in [0.2, 0.25) is 0 Å². The molecule has 2 aliphatic heterocycles. The SMILES string of the molecule is O=C(O)c1cc2n(n1)CCCN(C(=O)N1CCc3c(Cl)cccc3C1)C2. The number of nitrogens with zero attached hydrogens (tertiary/aromatic N) is 4. The molecule has 0 radical (unpaired) electrons. The Hall–Kier alpha value is -2.54. The van der Waals surface area contributed by atoms with Gasteiger partial charge >= 0.3 is 12.0 Å². The van der Waals surface area contributed by atoms with Crippen LogP contribution in [0.15, 0.2) is 24.3 Å². The quantitative estimate of drug-likeness (QED) is 0.832. The van der Waals surface area contributed by atoms with Gasteiger partial charge in [0, 0.05) is 31.2 Å². The molecule has 0 spiro atoms. The largest absolute Gasteiger partial charge is 0.476 e. The maximum atomic E-state index is 13.0. The molecule has 0 fully saturated rings. The van der Waals surface area contributed by atoms with E-state index in [-0.39, 0.29) is 11.7 Å². The molecule has 2 aliphatic rings. The van der Waals surface area contributed by atoms with Crippen LogP contribution in [0.2, 0.25) is 5.02 Å². The third-order valence-corrected chi connectivity index (χ3v) is 5.34. The van der Waals surface area contributed by atoms with Gasteiger partial charge in [0.15, 0.2) is 5.69 Å². The van der Waals surface area contributed by atoms with Gasteiger partial charge in [-0.25, -0.2) is 9.59 Å². The smallest absolute Gasteiger partial charge is 0.356 e. The zero-order valence-electron chi connectivity index (χ0n) is 14.2. The number of carbonyl (C=O) groups is 2. The Kier molecular flexibility index (Phi) is 4.32. The summed E-state index contributed by atoms with van der Waals surface area (Å²) in [5, 5.41) is 14.0. The Bertz CT molecular complexity index is 879. The lowest BCUT2D eigenvalue weighted by molar-refractivity contribution is 0.0689. The molecule has 8 heteroatoms. The van der Waals surface area contributed by atoms with Gasteiger partial charge in [-0.1, -0.05) is 23.7 Å². The fourth-order valence-corrected chi connectivity index (χ4v) is 3.94. The highest BCUT2D eigenvalue weighted by Gasteiger charge is 2.28. The van der Waals surface area contributed by atoms with E-state index < -0.39 is 5.97 Å². The van der Waals surface area contributed by atoms with Crippen LogP contribution in [-0.4, -0.2) is 49.8 Å². The van der Waals surface area contributed by atoms with Gasteiger partial charge in [0.25, 0.3) is 0 Å². The number of carbonyl (C=O) groups excluding carboxylic acids is 1. The van der Waals surface area contributed by atoms with Crippen LogP contribution in [-0.2, 0) is 26.1 Å². The van der Waals surface area contributed by atoms with Gasteiger partial charge in [-0.05, 0) is 36.1 Å². The van der Waals surface area contributed by atoms with Crippen molar-refractivity contribution >= 4 is 23.6 Å². The summed E-state index contributed by atoms with van der Waals surface area (Å²) >= 11 is 6.25. The van der Waals surface area contributed by atoms with E-state index in [0.29, 0.717) is 32.7 Å². The Balaban J connectivity index is 1.52. The van der Waals surface area contributed by atoms with Crippen molar-refractivity contribution in [2.75, 3.05) is 13.1 Å². The van der Waals surface area contributed by atoms with E-state index in [2.05, 4.69) is 5.10 Å². The number of amides is 2. The molecule has 7 nitrogen and oxygen atoms in total. The molecule has 1 aromatic carbocycles. The lowest BCUT2D eigenvalue weighted by atomic mass is 10.00. The summed E-state index contributed by atoms with van der Waals surface area (Å²) in [7, 11) is 0. The molecule has 2 aromatic rings. The topological polar surface area (TPSA) is 78.7 Å². The Morgan fingerprint density at radius 2 is 1.92 bits per heavy atom. The van der Waals surface area contributed by atoms with Gasteiger partial charge in [-0.2, -0.15) is 5.10 Å². The summed E-state index contributed by atoms with van der Waals surface area (Å²) in [5.41, 5.74) is 2.99. The molecule has 136 valence electrons. The average Bonchev–Trinajstić information content (AvgIpc) is 2.93. The number of urea groups is 1. The number of benzene rings is 1. The van der Waals surface area contributed by atoms with E-state index in [4.69, 9.17) is 16.7 Å². The van der Waals surface area contributed by atoms with E-state index in [9.17, 15) is 9.59 Å². The number of aryl methyl sites for hydroxylation is 1. The zero-order valence-corrected chi connectivity index (χ0v) is 14.9. The summed E-state index contributed by atoms with van der Waals surface area (Å²) in [6.45, 7) is 2.79. The summed E-state index contributed by atoms with van der Waals surface area (Å²) in [6, 6.07) is 7.33. The highest BCUT2D eigenvalue weighted by molar-refractivity contribution is 6.31. The molecular formula is C18H19ClN4O3. The monoisotopic (exact) mass is 374 g/mol.